The van der Waals surface area contributed by atoms with E-state index in [2.05, 4.69) is 45.9 Å². The normalized spacial score (nSPS) is 32.7. The molecule has 39 heavy (non-hydrogen) atoms. The van der Waals surface area contributed by atoms with Crippen LogP contribution in [0.15, 0.2) is 112 Å². The zero-order valence-corrected chi connectivity index (χ0v) is 24.5. The Kier molecular flexibility index (Phi) is 5.88. The van der Waals surface area contributed by atoms with Gasteiger partial charge in [0.15, 0.2) is 23.8 Å². The van der Waals surface area contributed by atoms with Gasteiger partial charge in [0, 0.05) is 0 Å². The van der Waals surface area contributed by atoms with Gasteiger partial charge in [0.2, 0.25) is 0 Å². The number of sulfone groups is 2. The van der Waals surface area contributed by atoms with Gasteiger partial charge < -0.3 is 0 Å². The first-order chi connectivity index (χ1) is 18.4. The zero-order chi connectivity index (χ0) is 27.8. The van der Waals surface area contributed by atoms with E-state index < -0.39 is 29.2 Å². The van der Waals surface area contributed by atoms with Crippen LogP contribution < -0.4 is 0 Å². The quantitative estimate of drug-likeness (QED) is 0.290. The SMILES string of the molecule is CC(C)=C[C@@]1(C)[C@H]([C@]23CC(S(=O)(=O)c4ccccc4)(S(=O)(=O)c4ccccc4)C[C@H]2[C@@H]3c2ccccc2)[C@@H]1C. The molecule has 4 nitrogen and oxygen atoms in total. The molecule has 6 heteroatoms. The second-order valence-corrected chi connectivity index (χ2v) is 17.2. The standard InChI is InChI=1S/C33H36O4S2/c1-23(2)20-31(4)24(3)30(31)33-22-32(38(34,35)26-16-10-6-11-17-26,39(36,37)27-18-12-7-13-19-27)21-28(33)29(33)25-14-8-5-9-15-25/h5-20,24,28-30H,21-22H2,1-4H3/t24-,28-,29-,30+,31+,33+/m0/s1. The van der Waals surface area contributed by atoms with Crippen molar-refractivity contribution in [3.63, 3.8) is 0 Å². The maximum atomic E-state index is 14.6. The summed E-state index contributed by atoms with van der Waals surface area (Å²) in [7, 11) is -8.48. The van der Waals surface area contributed by atoms with Gasteiger partial charge in [-0.15, -0.1) is 0 Å². The molecule has 0 bridgehead atoms. The number of fused-ring (bicyclic) bond motifs is 1. The highest BCUT2D eigenvalue weighted by Gasteiger charge is 2.86. The molecule has 0 saturated heterocycles. The van der Waals surface area contributed by atoms with Crippen LogP contribution in [0.5, 0.6) is 0 Å². The van der Waals surface area contributed by atoms with Gasteiger partial charge >= 0.3 is 0 Å². The van der Waals surface area contributed by atoms with Crippen molar-refractivity contribution in [1.29, 1.82) is 0 Å². The van der Waals surface area contributed by atoms with Crippen LogP contribution in [-0.2, 0) is 19.7 Å². The van der Waals surface area contributed by atoms with E-state index >= 15 is 0 Å². The first kappa shape index (κ1) is 26.5. The molecule has 0 radical (unpaired) electrons. The van der Waals surface area contributed by atoms with Gasteiger partial charge in [-0.05, 0) is 91.0 Å². The van der Waals surface area contributed by atoms with Crippen LogP contribution in [0, 0.1) is 28.6 Å². The van der Waals surface area contributed by atoms with Crippen molar-refractivity contribution >= 4 is 19.7 Å². The van der Waals surface area contributed by atoms with E-state index in [1.165, 1.54) is 35.4 Å². The van der Waals surface area contributed by atoms with Crippen molar-refractivity contribution in [2.45, 2.75) is 60.3 Å². The average molecular weight is 561 g/mol. The van der Waals surface area contributed by atoms with Crippen LogP contribution in [0.2, 0.25) is 0 Å². The largest absolute Gasteiger partial charge is 0.222 e. The fourth-order valence-corrected chi connectivity index (χ4v) is 13.8. The zero-order valence-electron chi connectivity index (χ0n) is 22.9. The van der Waals surface area contributed by atoms with Crippen LogP contribution in [-0.4, -0.2) is 20.9 Å². The Bertz CT molecular complexity index is 1570. The topological polar surface area (TPSA) is 68.3 Å². The van der Waals surface area contributed by atoms with Gasteiger partial charge in [-0.2, -0.15) is 0 Å². The minimum Gasteiger partial charge on any atom is -0.222 e. The molecule has 0 unspecified atom stereocenters. The molecule has 0 aliphatic heterocycles. The molecule has 3 aromatic carbocycles. The van der Waals surface area contributed by atoms with Crippen LogP contribution >= 0.6 is 0 Å². The Labute approximate surface area is 233 Å². The molecular weight excluding hydrogens is 524 g/mol. The van der Waals surface area contributed by atoms with E-state index in [-0.39, 0.29) is 45.8 Å². The highest BCUT2D eigenvalue weighted by molar-refractivity contribution is 8.10. The van der Waals surface area contributed by atoms with Crippen LogP contribution in [0.25, 0.3) is 0 Å². The van der Waals surface area contributed by atoms with E-state index in [0.29, 0.717) is 5.92 Å². The van der Waals surface area contributed by atoms with Crippen LogP contribution in [0.4, 0.5) is 0 Å². The summed E-state index contributed by atoms with van der Waals surface area (Å²) in [4.78, 5) is 0.154. The predicted molar refractivity (Wildman–Crippen MR) is 155 cm³/mol. The van der Waals surface area contributed by atoms with Crippen LogP contribution in [0.1, 0.15) is 52.0 Å². The van der Waals surface area contributed by atoms with Crippen molar-refractivity contribution in [2.75, 3.05) is 0 Å². The second kappa shape index (κ2) is 8.65. The first-order valence-electron chi connectivity index (χ1n) is 13.7. The lowest BCUT2D eigenvalue weighted by molar-refractivity contribution is 0.347. The Morgan fingerprint density at radius 3 is 1.69 bits per heavy atom. The fraction of sp³-hybridized carbons (Fsp3) is 0.394. The summed E-state index contributed by atoms with van der Waals surface area (Å²) in [6, 6.07) is 26.6. The number of hydrogen-bond donors (Lipinski definition) is 0. The number of rotatable bonds is 7. The molecule has 0 aromatic heterocycles. The summed E-state index contributed by atoms with van der Waals surface area (Å²) in [5.74, 6) is 0.646. The smallest absolute Gasteiger partial charge is 0.198 e. The molecule has 3 saturated carbocycles. The Hall–Kier alpha value is -2.70. The van der Waals surface area contributed by atoms with Gasteiger partial charge in [-0.1, -0.05) is 92.2 Å². The molecule has 0 amide bonds. The highest BCUT2D eigenvalue weighted by Crippen LogP contribution is 2.88. The molecule has 0 spiro atoms. The van der Waals surface area contributed by atoms with Crippen molar-refractivity contribution < 1.29 is 16.8 Å². The average Bonchev–Trinajstić information content (AvgIpc) is 3.64. The van der Waals surface area contributed by atoms with E-state index in [9.17, 15) is 16.8 Å². The van der Waals surface area contributed by atoms with E-state index in [1.54, 1.807) is 36.4 Å². The van der Waals surface area contributed by atoms with Gasteiger partial charge in [0.05, 0.1) is 9.79 Å². The van der Waals surface area contributed by atoms with E-state index in [4.69, 9.17) is 0 Å². The number of allylic oxidation sites excluding steroid dienone is 2. The predicted octanol–water partition coefficient (Wildman–Crippen LogP) is 7.06. The van der Waals surface area contributed by atoms with Crippen molar-refractivity contribution in [2.24, 2.45) is 28.6 Å². The molecule has 6 rings (SSSR count). The summed E-state index contributed by atoms with van der Waals surface area (Å²) in [5.41, 5.74) is 1.91. The summed E-state index contributed by atoms with van der Waals surface area (Å²) in [6.45, 7) is 8.71. The molecule has 6 atom stereocenters. The second-order valence-electron chi connectivity index (χ2n) is 12.4. The van der Waals surface area contributed by atoms with Crippen molar-refractivity contribution in [3.8, 4) is 0 Å². The lowest BCUT2D eigenvalue weighted by Crippen LogP contribution is -2.46. The molecule has 3 aliphatic rings. The molecule has 0 heterocycles. The van der Waals surface area contributed by atoms with E-state index in [0.717, 1.165) is 0 Å². The van der Waals surface area contributed by atoms with Gasteiger partial charge in [0.1, 0.15) is 0 Å². The fourth-order valence-electron chi connectivity index (χ4n) is 8.52. The molecular formula is C33H36O4S2. The highest BCUT2D eigenvalue weighted by atomic mass is 32.3. The third kappa shape index (κ3) is 3.53. The van der Waals surface area contributed by atoms with Gasteiger partial charge in [-0.3, -0.25) is 0 Å². The van der Waals surface area contributed by atoms with E-state index in [1.807, 2.05) is 18.2 Å². The van der Waals surface area contributed by atoms with Crippen LogP contribution in [0.3, 0.4) is 0 Å². The lowest BCUT2D eigenvalue weighted by atomic mass is 9.85. The number of benzene rings is 3. The Morgan fingerprint density at radius 2 is 1.23 bits per heavy atom. The maximum Gasteiger partial charge on any atom is 0.198 e. The summed E-state index contributed by atoms with van der Waals surface area (Å²) in [5, 5.41) is 0. The summed E-state index contributed by atoms with van der Waals surface area (Å²) < 4.78 is 56.5. The molecule has 204 valence electrons. The maximum absolute atomic E-state index is 14.6. The molecule has 3 aromatic rings. The Balaban J connectivity index is 1.56. The minimum absolute atomic E-state index is 0.0308. The molecule has 3 fully saturated rings. The summed E-state index contributed by atoms with van der Waals surface area (Å²) in [6.07, 6.45) is 2.54. The monoisotopic (exact) mass is 560 g/mol. The lowest BCUT2D eigenvalue weighted by Gasteiger charge is -2.34. The third-order valence-corrected chi connectivity index (χ3v) is 15.8. The molecule has 0 N–H and O–H groups in total. The number of hydrogen-bond acceptors (Lipinski definition) is 4. The van der Waals surface area contributed by atoms with Gasteiger partial charge in [-0.25, -0.2) is 16.8 Å². The van der Waals surface area contributed by atoms with Gasteiger partial charge in [0.25, 0.3) is 0 Å². The molecule has 3 aliphatic carbocycles. The van der Waals surface area contributed by atoms with Crippen molar-refractivity contribution in [3.05, 3.63) is 108 Å². The third-order valence-electron chi connectivity index (χ3n) is 10.1. The minimum atomic E-state index is -4.24. The summed E-state index contributed by atoms with van der Waals surface area (Å²) >= 11 is 0. The first-order valence-corrected chi connectivity index (χ1v) is 16.7. The van der Waals surface area contributed by atoms with Crippen molar-refractivity contribution in [1.82, 2.24) is 0 Å². The Morgan fingerprint density at radius 1 is 0.769 bits per heavy atom.